The predicted molar refractivity (Wildman–Crippen MR) is 67.4 cm³/mol. The third kappa shape index (κ3) is 2.18. The van der Waals surface area contributed by atoms with Gasteiger partial charge in [-0.25, -0.2) is 0 Å². The van der Waals surface area contributed by atoms with E-state index in [0.29, 0.717) is 42.3 Å². The summed E-state index contributed by atoms with van der Waals surface area (Å²) in [4.78, 5) is 24.3. The number of Topliss-reactive ketones (excluding diaryl/α,β-unsaturated/α-hetero) is 1. The summed E-state index contributed by atoms with van der Waals surface area (Å²) in [5, 5.41) is 2.92. The van der Waals surface area contributed by atoms with Gasteiger partial charge < -0.3 is 14.5 Å². The molecule has 1 aromatic rings. The Labute approximate surface area is 111 Å². The normalized spacial score (nSPS) is 22.4. The summed E-state index contributed by atoms with van der Waals surface area (Å²) in [6, 6.07) is 0.0381. The summed E-state index contributed by atoms with van der Waals surface area (Å²) in [7, 11) is 0. The molecule has 0 aromatic carbocycles. The first-order chi connectivity index (χ1) is 9.16. The number of ketones is 1. The van der Waals surface area contributed by atoms with Crippen LogP contribution >= 0.6 is 0 Å². The molecule has 1 atom stereocenters. The molecule has 2 aliphatic rings. The number of nitrogens with one attached hydrogen (secondary N) is 1. The molecule has 1 fully saturated rings. The van der Waals surface area contributed by atoms with Crippen LogP contribution < -0.4 is 5.32 Å². The number of carbonyl (C=O) groups is 2. The fourth-order valence-corrected chi connectivity index (χ4v) is 2.79. The lowest BCUT2D eigenvalue weighted by Gasteiger charge is -2.13. The van der Waals surface area contributed by atoms with Gasteiger partial charge in [-0.2, -0.15) is 0 Å². The maximum absolute atomic E-state index is 12.3. The quantitative estimate of drug-likeness (QED) is 0.880. The minimum atomic E-state index is -0.215. The molecule has 0 saturated carbocycles. The standard InChI is InChI=1S/C14H17NO4/c1-8-12(14(17)15-9-5-6-18-7-9)13-10(16)3-2-4-11(13)19-8/h9H,2-7H2,1H3,(H,15,17)/t9-/m1/s1. The molecule has 1 amide bonds. The molecular formula is C14H17NO4. The van der Waals surface area contributed by atoms with Crippen LogP contribution in [-0.4, -0.2) is 30.9 Å². The van der Waals surface area contributed by atoms with Crippen LogP contribution in [0.25, 0.3) is 0 Å². The summed E-state index contributed by atoms with van der Waals surface area (Å²) in [6.07, 6.45) is 2.86. The Morgan fingerprint density at radius 3 is 2.95 bits per heavy atom. The molecule has 0 spiro atoms. The number of ether oxygens (including phenoxy) is 1. The van der Waals surface area contributed by atoms with Crippen LogP contribution in [0.15, 0.2) is 4.42 Å². The molecular weight excluding hydrogens is 246 g/mol. The Hall–Kier alpha value is -1.62. The van der Waals surface area contributed by atoms with Gasteiger partial charge in [0.1, 0.15) is 11.5 Å². The third-order valence-electron chi connectivity index (χ3n) is 3.74. The fourth-order valence-electron chi connectivity index (χ4n) is 2.79. The minimum Gasteiger partial charge on any atom is -0.465 e. The van der Waals surface area contributed by atoms with Gasteiger partial charge >= 0.3 is 0 Å². The number of carbonyl (C=O) groups excluding carboxylic acids is 2. The van der Waals surface area contributed by atoms with Crippen molar-refractivity contribution in [3.8, 4) is 0 Å². The predicted octanol–water partition coefficient (Wildman–Crippen LogP) is 1.63. The van der Waals surface area contributed by atoms with E-state index in [0.717, 1.165) is 19.3 Å². The summed E-state index contributed by atoms with van der Waals surface area (Å²) < 4.78 is 10.8. The van der Waals surface area contributed by atoms with Crippen molar-refractivity contribution in [3.05, 3.63) is 22.6 Å². The van der Waals surface area contributed by atoms with Gasteiger partial charge in [-0.3, -0.25) is 9.59 Å². The lowest BCUT2D eigenvalue weighted by molar-refractivity contribution is 0.0911. The molecule has 5 heteroatoms. The number of rotatable bonds is 2. The van der Waals surface area contributed by atoms with E-state index < -0.39 is 0 Å². The van der Waals surface area contributed by atoms with Gasteiger partial charge in [0.2, 0.25) is 0 Å². The van der Waals surface area contributed by atoms with Crippen LogP contribution in [0.3, 0.4) is 0 Å². The van der Waals surface area contributed by atoms with E-state index in [1.165, 1.54) is 0 Å². The van der Waals surface area contributed by atoms with Crippen molar-refractivity contribution >= 4 is 11.7 Å². The number of amides is 1. The average molecular weight is 263 g/mol. The van der Waals surface area contributed by atoms with E-state index in [9.17, 15) is 9.59 Å². The molecule has 0 radical (unpaired) electrons. The zero-order valence-electron chi connectivity index (χ0n) is 11.0. The Bertz CT molecular complexity index is 526. The monoisotopic (exact) mass is 263 g/mol. The molecule has 1 N–H and O–H groups in total. The number of fused-ring (bicyclic) bond motifs is 1. The van der Waals surface area contributed by atoms with E-state index in [1.54, 1.807) is 6.92 Å². The van der Waals surface area contributed by atoms with Crippen molar-refractivity contribution in [2.24, 2.45) is 0 Å². The average Bonchev–Trinajstić information content (AvgIpc) is 2.96. The highest BCUT2D eigenvalue weighted by Crippen LogP contribution is 2.29. The third-order valence-corrected chi connectivity index (χ3v) is 3.74. The lowest BCUT2D eigenvalue weighted by Crippen LogP contribution is -2.36. The second kappa shape index (κ2) is 4.81. The van der Waals surface area contributed by atoms with Crippen LogP contribution in [0, 0.1) is 6.92 Å². The van der Waals surface area contributed by atoms with Crippen molar-refractivity contribution in [2.45, 2.75) is 38.6 Å². The molecule has 3 rings (SSSR count). The first-order valence-corrected chi connectivity index (χ1v) is 6.71. The molecule has 0 unspecified atom stereocenters. The van der Waals surface area contributed by atoms with Crippen molar-refractivity contribution in [1.29, 1.82) is 0 Å². The molecule has 0 bridgehead atoms. The molecule has 19 heavy (non-hydrogen) atoms. The van der Waals surface area contributed by atoms with Crippen molar-refractivity contribution in [3.63, 3.8) is 0 Å². The number of hydrogen-bond acceptors (Lipinski definition) is 4. The summed E-state index contributed by atoms with van der Waals surface area (Å²) in [5.41, 5.74) is 0.923. The summed E-state index contributed by atoms with van der Waals surface area (Å²) >= 11 is 0. The fraction of sp³-hybridized carbons (Fsp3) is 0.571. The Kier molecular flexibility index (Phi) is 3.14. The second-order valence-electron chi connectivity index (χ2n) is 5.14. The Morgan fingerprint density at radius 2 is 2.21 bits per heavy atom. The van der Waals surface area contributed by atoms with Gasteiger partial charge in [0.15, 0.2) is 5.78 Å². The number of hydrogen-bond donors (Lipinski definition) is 1. The molecule has 5 nitrogen and oxygen atoms in total. The topological polar surface area (TPSA) is 68.5 Å². The maximum atomic E-state index is 12.3. The van der Waals surface area contributed by atoms with E-state index in [4.69, 9.17) is 9.15 Å². The van der Waals surface area contributed by atoms with Crippen LogP contribution in [0.1, 0.15) is 51.5 Å². The summed E-state index contributed by atoms with van der Waals surface area (Å²) in [5.74, 6) is 1.01. The van der Waals surface area contributed by atoms with Crippen LogP contribution in [-0.2, 0) is 11.2 Å². The Balaban J connectivity index is 1.89. The highest BCUT2D eigenvalue weighted by molar-refractivity contribution is 6.10. The van der Waals surface area contributed by atoms with Crippen LogP contribution in [0.5, 0.6) is 0 Å². The SMILES string of the molecule is Cc1oc2c(c1C(=O)N[C@@H]1CCOC1)C(=O)CCC2. The largest absolute Gasteiger partial charge is 0.465 e. The molecule has 1 aromatic heterocycles. The number of furan rings is 1. The highest BCUT2D eigenvalue weighted by atomic mass is 16.5. The zero-order chi connectivity index (χ0) is 13.4. The van der Waals surface area contributed by atoms with E-state index in [-0.39, 0.29) is 17.7 Å². The minimum absolute atomic E-state index is 0.0194. The van der Waals surface area contributed by atoms with E-state index in [2.05, 4.69) is 5.32 Å². The van der Waals surface area contributed by atoms with Crippen molar-refractivity contribution in [2.75, 3.05) is 13.2 Å². The van der Waals surface area contributed by atoms with Gasteiger partial charge in [0.05, 0.1) is 23.8 Å². The molecule has 102 valence electrons. The lowest BCUT2D eigenvalue weighted by atomic mass is 9.93. The second-order valence-corrected chi connectivity index (χ2v) is 5.14. The molecule has 2 heterocycles. The number of aryl methyl sites for hydroxylation is 2. The van der Waals surface area contributed by atoms with E-state index >= 15 is 0 Å². The van der Waals surface area contributed by atoms with Crippen LogP contribution in [0.4, 0.5) is 0 Å². The first-order valence-electron chi connectivity index (χ1n) is 6.71. The van der Waals surface area contributed by atoms with Crippen LogP contribution in [0.2, 0.25) is 0 Å². The molecule has 1 aliphatic heterocycles. The van der Waals surface area contributed by atoms with Gasteiger partial charge in [-0.15, -0.1) is 0 Å². The van der Waals surface area contributed by atoms with Crippen molar-refractivity contribution < 1.29 is 18.7 Å². The highest BCUT2D eigenvalue weighted by Gasteiger charge is 2.31. The smallest absolute Gasteiger partial charge is 0.255 e. The van der Waals surface area contributed by atoms with E-state index in [1.807, 2.05) is 0 Å². The van der Waals surface area contributed by atoms with Gasteiger partial charge in [-0.1, -0.05) is 0 Å². The van der Waals surface area contributed by atoms with Gasteiger partial charge in [0, 0.05) is 19.4 Å². The zero-order valence-corrected chi connectivity index (χ0v) is 11.0. The summed E-state index contributed by atoms with van der Waals surface area (Å²) in [6.45, 7) is 2.96. The van der Waals surface area contributed by atoms with Gasteiger partial charge in [0.25, 0.3) is 5.91 Å². The maximum Gasteiger partial charge on any atom is 0.255 e. The van der Waals surface area contributed by atoms with Crippen molar-refractivity contribution in [1.82, 2.24) is 5.32 Å². The molecule has 1 saturated heterocycles. The Morgan fingerprint density at radius 1 is 1.37 bits per heavy atom. The first kappa shape index (κ1) is 12.4. The molecule has 1 aliphatic carbocycles. The van der Waals surface area contributed by atoms with Gasteiger partial charge in [-0.05, 0) is 19.8 Å².